The first-order valence-corrected chi connectivity index (χ1v) is 10.2. The molecule has 0 spiro atoms. The van der Waals surface area contributed by atoms with E-state index in [9.17, 15) is 4.79 Å². The Kier molecular flexibility index (Phi) is 5.60. The van der Waals surface area contributed by atoms with Crippen molar-refractivity contribution in [2.75, 3.05) is 11.1 Å². The van der Waals surface area contributed by atoms with Crippen LogP contribution in [0.2, 0.25) is 5.02 Å². The van der Waals surface area contributed by atoms with Crippen LogP contribution in [0.1, 0.15) is 5.89 Å². The van der Waals surface area contributed by atoms with Crippen LogP contribution in [0.15, 0.2) is 71.3 Å². The van der Waals surface area contributed by atoms with Gasteiger partial charge in [0, 0.05) is 21.7 Å². The molecule has 0 unspecified atom stereocenters. The predicted molar refractivity (Wildman–Crippen MR) is 113 cm³/mol. The molecular formula is C21H16ClN3O2S. The van der Waals surface area contributed by atoms with Crippen molar-refractivity contribution >= 4 is 45.7 Å². The summed E-state index contributed by atoms with van der Waals surface area (Å²) in [6.07, 6.45) is 0. The highest BCUT2D eigenvalue weighted by Gasteiger charge is 2.11. The van der Waals surface area contributed by atoms with E-state index in [-0.39, 0.29) is 11.7 Å². The third-order valence-electron chi connectivity index (χ3n) is 4.07. The zero-order valence-corrected chi connectivity index (χ0v) is 16.3. The number of hydrogen-bond donors (Lipinski definition) is 1. The zero-order chi connectivity index (χ0) is 19.3. The Labute approximate surface area is 171 Å². The van der Waals surface area contributed by atoms with Gasteiger partial charge in [-0.3, -0.25) is 4.79 Å². The lowest BCUT2D eigenvalue weighted by molar-refractivity contribution is -0.113. The number of carbonyl (C=O) groups excluding carboxylic acids is 1. The molecule has 0 aliphatic heterocycles. The van der Waals surface area contributed by atoms with Gasteiger partial charge in [0.15, 0.2) is 0 Å². The van der Waals surface area contributed by atoms with Crippen LogP contribution in [0, 0.1) is 0 Å². The molecule has 1 aromatic heterocycles. The zero-order valence-electron chi connectivity index (χ0n) is 14.8. The van der Waals surface area contributed by atoms with E-state index >= 15 is 0 Å². The second-order valence-electron chi connectivity index (χ2n) is 6.09. The van der Waals surface area contributed by atoms with Crippen molar-refractivity contribution in [2.24, 2.45) is 0 Å². The molecule has 0 saturated carbocycles. The molecule has 0 saturated heterocycles. The van der Waals surface area contributed by atoms with Crippen LogP contribution in [0.4, 0.5) is 5.69 Å². The summed E-state index contributed by atoms with van der Waals surface area (Å²) in [5.41, 5.74) is 1.60. The van der Waals surface area contributed by atoms with E-state index in [2.05, 4.69) is 15.5 Å². The fourth-order valence-electron chi connectivity index (χ4n) is 2.81. The SMILES string of the molecule is O=C(CSCc1nc(-c2cccc(Cl)c2)no1)Nc1cccc2ccccc12. The van der Waals surface area contributed by atoms with E-state index in [4.69, 9.17) is 16.1 Å². The van der Waals surface area contributed by atoms with Crippen LogP contribution in [0.25, 0.3) is 22.2 Å². The first-order chi connectivity index (χ1) is 13.7. The lowest BCUT2D eigenvalue weighted by atomic mass is 10.1. The van der Waals surface area contributed by atoms with E-state index in [1.54, 1.807) is 12.1 Å². The maximum atomic E-state index is 12.3. The average molecular weight is 410 g/mol. The minimum absolute atomic E-state index is 0.0732. The quantitative estimate of drug-likeness (QED) is 0.460. The molecule has 0 bridgehead atoms. The molecule has 5 nitrogen and oxygen atoms in total. The first-order valence-electron chi connectivity index (χ1n) is 8.63. The Bertz CT molecular complexity index is 1120. The number of amides is 1. The Morgan fingerprint density at radius 3 is 2.79 bits per heavy atom. The highest BCUT2D eigenvalue weighted by Crippen LogP contribution is 2.24. The first kappa shape index (κ1) is 18.5. The molecule has 1 amide bonds. The minimum Gasteiger partial charge on any atom is -0.338 e. The Balaban J connectivity index is 1.33. The second-order valence-corrected chi connectivity index (χ2v) is 7.51. The molecule has 3 aromatic carbocycles. The number of anilines is 1. The van der Waals surface area contributed by atoms with Crippen molar-refractivity contribution < 1.29 is 9.32 Å². The fourth-order valence-corrected chi connectivity index (χ4v) is 3.65. The summed E-state index contributed by atoms with van der Waals surface area (Å²) in [6, 6.07) is 21.1. The number of nitrogens with zero attached hydrogens (tertiary/aromatic N) is 2. The van der Waals surface area contributed by atoms with E-state index in [0.717, 1.165) is 22.0 Å². The predicted octanol–water partition coefficient (Wildman–Crippen LogP) is 5.42. The van der Waals surface area contributed by atoms with Crippen LogP contribution in [-0.2, 0) is 10.5 Å². The molecule has 0 aliphatic carbocycles. The fraction of sp³-hybridized carbons (Fsp3) is 0.0952. The number of fused-ring (bicyclic) bond motifs is 1. The lowest BCUT2D eigenvalue weighted by Crippen LogP contribution is -2.14. The maximum absolute atomic E-state index is 12.3. The summed E-state index contributed by atoms with van der Waals surface area (Å²) in [5.74, 6) is 1.63. The molecule has 7 heteroatoms. The number of nitrogens with one attached hydrogen (secondary N) is 1. The van der Waals surface area contributed by atoms with Crippen LogP contribution in [-0.4, -0.2) is 21.8 Å². The number of benzene rings is 3. The molecular weight excluding hydrogens is 394 g/mol. The molecule has 0 atom stereocenters. The van der Waals surface area contributed by atoms with Gasteiger partial charge in [-0.1, -0.05) is 65.3 Å². The van der Waals surface area contributed by atoms with Crippen molar-refractivity contribution in [2.45, 2.75) is 5.75 Å². The van der Waals surface area contributed by atoms with Crippen LogP contribution < -0.4 is 5.32 Å². The summed E-state index contributed by atoms with van der Waals surface area (Å²) in [6.45, 7) is 0. The van der Waals surface area contributed by atoms with Crippen LogP contribution >= 0.6 is 23.4 Å². The molecule has 0 radical (unpaired) electrons. The number of halogens is 1. The Morgan fingerprint density at radius 2 is 1.89 bits per heavy atom. The summed E-state index contributed by atoms with van der Waals surface area (Å²) in [7, 11) is 0. The summed E-state index contributed by atoms with van der Waals surface area (Å²) < 4.78 is 5.26. The number of carbonyl (C=O) groups is 1. The van der Waals surface area contributed by atoms with Crippen molar-refractivity contribution in [1.82, 2.24) is 10.1 Å². The van der Waals surface area contributed by atoms with E-state index < -0.39 is 0 Å². The topological polar surface area (TPSA) is 68.0 Å². The van der Waals surface area contributed by atoms with Gasteiger partial charge in [0.25, 0.3) is 0 Å². The molecule has 1 N–H and O–H groups in total. The van der Waals surface area contributed by atoms with Gasteiger partial charge >= 0.3 is 0 Å². The molecule has 140 valence electrons. The van der Waals surface area contributed by atoms with Gasteiger partial charge in [0.2, 0.25) is 17.6 Å². The van der Waals surface area contributed by atoms with E-state index in [1.807, 2.05) is 54.6 Å². The molecule has 0 aliphatic rings. The summed E-state index contributed by atoms with van der Waals surface area (Å²) >= 11 is 7.40. The number of rotatable bonds is 6. The standard InChI is InChI=1S/C21H16ClN3O2S/c22-16-8-3-7-15(11-16)21-24-20(27-25-21)13-28-12-19(26)23-18-10-4-6-14-5-1-2-9-17(14)18/h1-11H,12-13H2,(H,23,26). The van der Waals surface area contributed by atoms with Crippen molar-refractivity contribution in [3.63, 3.8) is 0 Å². The Morgan fingerprint density at radius 1 is 1.07 bits per heavy atom. The molecule has 28 heavy (non-hydrogen) atoms. The smallest absolute Gasteiger partial charge is 0.236 e. The van der Waals surface area contributed by atoms with Crippen LogP contribution in [0.5, 0.6) is 0 Å². The van der Waals surface area contributed by atoms with Gasteiger partial charge in [-0.2, -0.15) is 4.98 Å². The highest BCUT2D eigenvalue weighted by molar-refractivity contribution is 7.99. The Hall–Kier alpha value is -2.83. The average Bonchev–Trinajstić information content (AvgIpc) is 3.17. The minimum atomic E-state index is -0.0732. The van der Waals surface area contributed by atoms with Gasteiger partial charge in [0.1, 0.15) is 0 Å². The van der Waals surface area contributed by atoms with Gasteiger partial charge < -0.3 is 9.84 Å². The molecule has 1 heterocycles. The monoisotopic (exact) mass is 409 g/mol. The molecule has 0 fully saturated rings. The second kappa shape index (κ2) is 8.46. The van der Waals surface area contributed by atoms with Gasteiger partial charge in [-0.25, -0.2) is 0 Å². The lowest BCUT2D eigenvalue weighted by Gasteiger charge is -2.08. The third kappa shape index (κ3) is 4.35. The molecule has 4 aromatic rings. The van der Waals surface area contributed by atoms with E-state index in [1.165, 1.54) is 11.8 Å². The third-order valence-corrected chi connectivity index (χ3v) is 5.23. The van der Waals surface area contributed by atoms with Gasteiger partial charge in [0.05, 0.1) is 11.5 Å². The molecule has 4 rings (SSSR count). The summed E-state index contributed by atoms with van der Waals surface area (Å²) in [5, 5.41) is 9.66. The van der Waals surface area contributed by atoms with Crippen molar-refractivity contribution in [1.29, 1.82) is 0 Å². The van der Waals surface area contributed by atoms with Gasteiger partial charge in [-0.05, 0) is 23.6 Å². The number of hydrogen-bond acceptors (Lipinski definition) is 5. The van der Waals surface area contributed by atoms with Crippen LogP contribution in [0.3, 0.4) is 0 Å². The van der Waals surface area contributed by atoms with Gasteiger partial charge in [-0.15, -0.1) is 11.8 Å². The van der Waals surface area contributed by atoms with Crippen molar-refractivity contribution in [3.8, 4) is 11.4 Å². The number of thioether (sulfide) groups is 1. The highest BCUT2D eigenvalue weighted by atomic mass is 35.5. The number of aromatic nitrogens is 2. The largest absolute Gasteiger partial charge is 0.338 e. The maximum Gasteiger partial charge on any atom is 0.236 e. The van der Waals surface area contributed by atoms with E-state index in [0.29, 0.717) is 22.5 Å². The summed E-state index contributed by atoms with van der Waals surface area (Å²) in [4.78, 5) is 16.7. The van der Waals surface area contributed by atoms with Crippen molar-refractivity contribution in [3.05, 3.63) is 77.6 Å². The normalized spacial score (nSPS) is 10.9.